The number of hydrogen-bond acceptors (Lipinski definition) is 5. The predicted molar refractivity (Wildman–Crippen MR) is 118 cm³/mol. The third-order valence-electron chi connectivity index (χ3n) is 3.80. The first kappa shape index (κ1) is 26.2. The molecule has 1 fully saturated rings. The van der Waals surface area contributed by atoms with Crippen LogP contribution in [0.25, 0.3) is 0 Å². The Bertz CT molecular complexity index is 438. The van der Waals surface area contributed by atoms with Gasteiger partial charge < -0.3 is 29.7 Å². The molecule has 1 unspecified atom stereocenters. The summed E-state index contributed by atoms with van der Waals surface area (Å²) in [6.07, 6.45) is 1.69. The molecule has 2 N–H and O–H groups in total. The van der Waals surface area contributed by atoms with Gasteiger partial charge in [-0.1, -0.05) is 0 Å². The molecule has 1 aliphatic heterocycles. The van der Waals surface area contributed by atoms with Crippen molar-refractivity contribution in [3.05, 3.63) is 0 Å². The largest absolute Gasteiger partial charge is 0.444 e. The van der Waals surface area contributed by atoms with Gasteiger partial charge in [-0.25, -0.2) is 4.79 Å². The van der Waals surface area contributed by atoms with Crippen molar-refractivity contribution in [3.63, 3.8) is 0 Å². The normalized spacial score (nSPS) is 17.2. The summed E-state index contributed by atoms with van der Waals surface area (Å²) in [6, 6.07) is 0. The molecule has 1 heterocycles. The Balaban J connectivity index is 0.00000676. The minimum atomic E-state index is -0.483. The monoisotopic (exact) mass is 500 g/mol. The molecular weight excluding hydrogens is 463 g/mol. The first-order chi connectivity index (χ1) is 12.3. The van der Waals surface area contributed by atoms with Crippen LogP contribution in [0, 0.1) is 5.92 Å². The Labute approximate surface area is 180 Å². The number of aliphatic imine (C=N–C) groups is 1. The van der Waals surface area contributed by atoms with Gasteiger partial charge in [0.25, 0.3) is 0 Å². The molecule has 0 bridgehead atoms. The average molecular weight is 500 g/mol. The van der Waals surface area contributed by atoms with Crippen molar-refractivity contribution in [2.45, 2.75) is 39.2 Å². The van der Waals surface area contributed by atoms with E-state index < -0.39 is 5.60 Å². The van der Waals surface area contributed by atoms with Crippen LogP contribution in [0.2, 0.25) is 0 Å². The molecule has 1 saturated heterocycles. The number of likely N-dealkylation sites (N-methyl/N-ethyl adjacent to an activating group) is 1. The molecule has 0 aliphatic carbocycles. The maximum atomic E-state index is 11.9. The van der Waals surface area contributed by atoms with Gasteiger partial charge in [0.2, 0.25) is 0 Å². The lowest BCUT2D eigenvalue weighted by Crippen LogP contribution is -2.43. The van der Waals surface area contributed by atoms with E-state index in [-0.39, 0.29) is 30.1 Å². The van der Waals surface area contributed by atoms with Gasteiger partial charge in [-0.15, -0.1) is 24.0 Å². The number of ether oxygens (including phenoxy) is 3. The predicted octanol–water partition coefficient (Wildman–Crippen LogP) is 2.08. The first-order valence-electron chi connectivity index (χ1n) is 9.36. The van der Waals surface area contributed by atoms with Crippen molar-refractivity contribution >= 4 is 36.0 Å². The molecule has 8 nitrogen and oxygen atoms in total. The van der Waals surface area contributed by atoms with Crippen LogP contribution in [0.15, 0.2) is 4.99 Å². The fraction of sp³-hybridized carbons (Fsp3) is 0.889. The van der Waals surface area contributed by atoms with Crippen LogP contribution in [0.1, 0.15) is 33.6 Å². The van der Waals surface area contributed by atoms with Gasteiger partial charge in [0, 0.05) is 52.9 Å². The first-order valence-corrected chi connectivity index (χ1v) is 9.36. The molecule has 0 saturated carbocycles. The van der Waals surface area contributed by atoms with Crippen molar-refractivity contribution in [2.75, 3.05) is 60.2 Å². The van der Waals surface area contributed by atoms with Crippen LogP contribution in [0.4, 0.5) is 4.79 Å². The number of nitrogens with one attached hydrogen (secondary N) is 2. The summed E-state index contributed by atoms with van der Waals surface area (Å²) in [5.74, 6) is 1.27. The number of amides is 1. The van der Waals surface area contributed by atoms with Crippen molar-refractivity contribution in [2.24, 2.45) is 10.9 Å². The van der Waals surface area contributed by atoms with Gasteiger partial charge in [-0.05, 0) is 33.6 Å². The fourth-order valence-corrected chi connectivity index (χ4v) is 2.34. The molecule has 1 atom stereocenters. The van der Waals surface area contributed by atoms with Crippen molar-refractivity contribution in [1.29, 1.82) is 0 Å². The fourth-order valence-electron chi connectivity index (χ4n) is 2.34. The highest BCUT2D eigenvalue weighted by atomic mass is 127. The standard InChI is InChI=1S/C18H36N4O4.HI/c1-18(2,3)26-17(23)22(5)10-9-21-16(19-4)20-8-6-11-24-13-15-7-12-25-14-15;/h15H,6-14H2,1-5H3,(H2,19,20,21);1H. The lowest BCUT2D eigenvalue weighted by Gasteiger charge is -2.24. The molecule has 0 spiro atoms. The van der Waals surface area contributed by atoms with Gasteiger partial charge >= 0.3 is 6.09 Å². The van der Waals surface area contributed by atoms with Crippen LogP contribution >= 0.6 is 24.0 Å². The Morgan fingerprint density at radius 1 is 1.30 bits per heavy atom. The molecule has 0 aromatic carbocycles. The van der Waals surface area contributed by atoms with Gasteiger partial charge in [-0.2, -0.15) is 0 Å². The Hall–Kier alpha value is -0.810. The third-order valence-corrected chi connectivity index (χ3v) is 3.80. The molecular formula is C18H37IN4O4. The lowest BCUT2D eigenvalue weighted by atomic mass is 10.1. The smallest absolute Gasteiger partial charge is 0.410 e. The van der Waals surface area contributed by atoms with Gasteiger partial charge in [-0.3, -0.25) is 4.99 Å². The molecule has 9 heteroatoms. The van der Waals surface area contributed by atoms with Crippen LogP contribution in [0.3, 0.4) is 0 Å². The second-order valence-corrected chi connectivity index (χ2v) is 7.49. The van der Waals surface area contributed by atoms with E-state index in [0.717, 1.165) is 45.8 Å². The summed E-state index contributed by atoms with van der Waals surface area (Å²) in [5.41, 5.74) is -0.483. The van der Waals surface area contributed by atoms with Gasteiger partial charge in [0.15, 0.2) is 5.96 Å². The summed E-state index contributed by atoms with van der Waals surface area (Å²) in [7, 11) is 3.45. The van der Waals surface area contributed by atoms with E-state index in [1.54, 1.807) is 19.0 Å². The summed E-state index contributed by atoms with van der Waals surface area (Å²) in [4.78, 5) is 17.6. The van der Waals surface area contributed by atoms with Crippen LogP contribution < -0.4 is 10.6 Å². The molecule has 160 valence electrons. The number of hydrogen-bond donors (Lipinski definition) is 2. The highest BCUT2D eigenvalue weighted by molar-refractivity contribution is 14.0. The van der Waals surface area contributed by atoms with Crippen LogP contribution in [-0.4, -0.2) is 82.7 Å². The third kappa shape index (κ3) is 13.1. The Morgan fingerprint density at radius 3 is 2.59 bits per heavy atom. The molecule has 27 heavy (non-hydrogen) atoms. The number of guanidine groups is 1. The molecule has 1 amide bonds. The van der Waals surface area contributed by atoms with Crippen molar-refractivity contribution in [1.82, 2.24) is 15.5 Å². The number of nitrogens with zero attached hydrogens (tertiary/aromatic N) is 2. The van der Waals surface area contributed by atoms with Crippen molar-refractivity contribution in [3.8, 4) is 0 Å². The molecule has 0 aromatic heterocycles. The maximum Gasteiger partial charge on any atom is 0.410 e. The lowest BCUT2D eigenvalue weighted by molar-refractivity contribution is 0.0302. The summed E-state index contributed by atoms with van der Waals surface area (Å²) in [5, 5.41) is 6.42. The molecule has 0 radical (unpaired) electrons. The second kappa shape index (κ2) is 14.2. The summed E-state index contributed by atoms with van der Waals surface area (Å²) in [6.45, 7) is 10.7. The van der Waals surface area contributed by atoms with E-state index in [9.17, 15) is 4.79 Å². The van der Waals surface area contributed by atoms with E-state index in [4.69, 9.17) is 14.2 Å². The topological polar surface area (TPSA) is 84.4 Å². The van der Waals surface area contributed by atoms with E-state index in [2.05, 4.69) is 15.6 Å². The van der Waals surface area contributed by atoms with Crippen LogP contribution in [0.5, 0.6) is 0 Å². The Kier molecular flexibility index (Phi) is 13.8. The maximum absolute atomic E-state index is 11.9. The molecule has 1 rings (SSSR count). The average Bonchev–Trinajstić information content (AvgIpc) is 3.07. The van der Waals surface area contributed by atoms with Gasteiger partial charge in [0.05, 0.1) is 13.2 Å². The zero-order chi connectivity index (χ0) is 19.4. The summed E-state index contributed by atoms with van der Waals surface area (Å²) < 4.78 is 16.3. The van der Waals surface area contributed by atoms with Crippen molar-refractivity contribution < 1.29 is 19.0 Å². The van der Waals surface area contributed by atoms with Crippen LogP contribution in [-0.2, 0) is 14.2 Å². The highest BCUT2D eigenvalue weighted by Gasteiger charge is 2.19. The Morgan fingerprint density at radius 2 is 2.00 bits per heavy atom. The number of halogens is 1. The van der Waals surface area contributed by atoms with Gasteiger partial charge in [0.1, 0.15) is 5.60 Å². The quantitative estimate of drug-likeness (QED) is 0.218. The number of rotatable bonds is 9. The number of carbonyl (C=O) groups excluding carboxylic acids is 1. The molecule has 1 aliphatic rings. The minimum absolute atomic E-state index is 0. The SMILES string of the molecule is CN=C(NCCCOCC1CCOC1)NCCN(C)C(=O)OC(C)(C)C.I. The van der Waals surface area contributed by atoms with E-state index >= 15 is 0 Å². The van der Waals surface area contributed by atoms with E-state index in [1.807, 2.05) is 20.8 Å². The zero-order valence-electron chi connectivity index (χ0n) is 17.4. The second-order valence-electron chi connectivity index (χ2n) is 7.49. The minimum Gasteiger partial charge on any atom is -0.444 e. The van der Waals surface area contributed by atoms with E-state index in [1.165, 1.54) is 0 Å². The van der Waals surface area contributed by atoms with E-state index in [0.29, 0.717) is 25.0 Å². The zero-order valence-corrected chi connectivity index (χ0v) is 19.7. The summed E-state index contributed by atoms with van der Waals surface area (Å²) >= 11 is 0. The molecule has 0 aromatic rings. The number of carbonyl (C=O) groups is 1. The highest BCUT2D eigenvalue weighted by Crippen LogP contribution is 2.12.